The SMILES string of the molecule is COc1cc([C@@H](N2CCNCC2)C(F)(F)CO)cc(Br)c1O.Cl. The number of alkyl halides is 2. The summed E-state index contributed by atoms with van der Waals surface area (Å²) < 4.78 is 34.0. The van der Waals surface area contributed by atoms with Gasteiger partial charge in [0.2, 0.25) is 0 Å². The lowest BCUT2D eigenvalue weighted by atomic mass is 9.97. The van der Waals surface area contributed by atoms with Gasteiger partial charge in [-0.1, -0.05) is 0 Å². The van der Waals surface area contributed by atoms with Crippen molar-refractivity contribution in [3.05, 3.63) is 22.2 Å². The van der Waals surface area contributed by atoms with E-state index in [-0.39, 0.29) is 33.9 Å². The summed E-state index contributed by atoms with van der Waals surface area (Å²) in [7, 11) is 1.36. The van der Waals surface area contributed by atoms with Crippen LogP contribution in [0.5, 0.6) is 11.5 Å². The molecule has 0 bridgehead atoms. The molecule has 0 aromatic heterocycles. The molecule has 0 amide bonds. The van der Waals surface area contributed by atoms with Crippen LogP contribution in [0.4, 0.5) is 8.78 Å². The first-order valence-corrected chi connectivity index (χ1v) is 7.70. The van der Waals surface area contributed by atoms with Crippen molar-refractivity contribution in [2.75, 3.05) is 39.9 Å². The fourth-order valence-corrected chi connectivity index (χ4v) is 3.12. The normalized spacial score (nSPS) is 17.4. The average Bonchev–Trinajstić information content (AvgIpc) is 2.51. The van der Waals surface area contributed by atoms with Crippen LogP contribution in [-0.4, -0.2) is 60.9 Å². The summed E-state index contributed by atoms with van der Waals surface area (Å²) in [4.78, 5) is 1.63. The number of piperazine rings is 1. The van der Waals surface area contributed by atoms with Crippen LogP contribution in [0, 0.1) is 0 Å². The molecular weight excluding hydrogens is 398 g/mol. The number of aromatic hydroxyl groups is 1. The number of phenols is 1. The Bertz CT molecular complexity index is 531. The highest BCUT2D eigenvalue weighted by Gasteiger charge is 2.44. The van der Waals surface area contributed by atoms with Crippen molar-refractivity contribution in [2.24, 2.45) is 0 Å². The molecule has 1 aromatic carbocycles. The van der Waals surface area contributed by atoms with Crippen LogP contribution < -0.4 is 10.1 Å². The summed E-state index contributed by atoms with van der Waals surface area (Å²) >= 11 is 3.15. The number of phenolic OH excluding ortho intramolecular Hbond substituents is 1. The molecular formula is C14H20BrClF2N2O3. The van der Waals surface area contributed by atoms with E-state index in [1.165, 1.54) is 19.2 Å². The monoisotopic (exact) mass is 416 g/mol. The Balaban J connectivity index is 0.00000264. The molecule has 0 unspecified atom stereocenters. The van der Waals surface area contributed by atoms with Gasteiger partial charge in [-0.15, -0.1) is 12.4 Å². The van der Waals surface area contributed by atoms with E-state index in [0.29, 0.717) is 26.2 Å². The molecule has 0 spiro atoms. The van der Waals surface area contributed by atoms with E-state index in [1.54, 1.807) is 4.90 Å². The van der Waals surface area contributed by atoms with Crippen molar-refractivity contribution < 1.29 is 23.7 Å². The number of benzene rings is 1. The number of nitrogens with one attached hydrogen (secondary N) is 1. The van der Waals surface area contributed by atoms with Gasteiger partial charge in [0.1, 0.15) is 12.6 Å². The van der Waals surface area contributed by atoms with Gasteiger partial charge in [0.15, 0.2) is 11.5 Å². The minimum atomic E-state index is -3.31. The highest BCUT2D eigenvalue weighted by molar-refractivity contribution is 9.10. The molecule has 23 heavy (non-hydrogen) atoms. The van der Waals surface area contributed by atoms with Crippen molar-refractivity contribution in [1.29, 1.82) is 0 Å². The van der Waals surface area contributed by atoms with Crippen LogP contribution >= 0.6 is 28.3 Å². The van der Waals surface area contributed by atoms with Crippen LogP contribution in [0.3, 0.4) is 0 Å². The van der Waals surface area contributed by atoms with Crippen LogP contribution in [0.15, 0.2) is 16.6 Å². The maximum Gasteiger partial charge on any atom is 0.289 e. The summed E-state index contributed by atoms with van der Waals surface area (Å²) in [5, 5.41) is 22.1. The minimum Gasteiger partial charge on any atom is -0.503 e. The average molecular weight is 418 g/mol. The smallest absolute Gasteiger partial charge is 0.289 e. The minimum absolute atomic E-state index is 0. The van der Waals surface area contributed by atoms with Gasteiger partial charge in [-0.2, -0.15) is 0 Å². The van der Waals surface area contributed by atoms with Crippen molar-refractivity contribution in [2.45, 2.75) is 12.0 Å². The molecule has 9 heteroatoms. The standard InChI is InChI=1S/C14H19BrF2N2O3.ClH/c1-22-11-7-9(6-10(15)12(11)21)13(14(16,17)8-20)19-4-2-18-3-5-19;/h6-7,13,18,20-21H,2-5,8H2,1H3;1H/t13-;/m1./s1. The third kappa shape index (κ3) is 4.45. The third-order valence-corrected chi connectivity index (χ3v) is 4.32. The quantitative estimate of drug-likeness (QED) is 0.685. The highest BCUT2D eigenvalue weighted by atomic mass is 79.9. The second kappa shape index (κ2) is 8.43. The first kappa shape index (κ1) is 20.4. The number of aliphatic hydroxyl groups is 1. The number of hydrogen-bond acceptors (Lipinski definition) is 5. The Morgan fingerprint density at radius 1 is 1.39 bits per heavy atom. The maximum absolute atomic E-state index is 14.3. The summed E-state index contributed by atoms with van der Waals surface area (Å²) in [6, 6.07) is 1.54. The van der Waals surface area contributed by atoms with E-state index in [1.807, 2.05) is 0 Å². The first-order chi connectivity index (χ1) is 10.4. The number of ether oxygens (including phenoxy) is 1. The molecule has 1 aromatic rings. The maximum atomic E-state index is 14.3. The Morgan fingerprint density at radius 2 is 2.00 bits per heavy atom. The van der Waals surface area contributed by atoms with Gasteiger partial charge >= 0.3 is 0 Å². The number of nitrogens with zero attached hydrogens (tertiary/aromatic N) is 1. The van der Waals surface area contributed by atoms with Gasteiger partial charge in [-0.25, -0.2) is 8.78 Å². The van der Waals surface area contributed by atoms with Gasteiger partial charge in [-0.3, -0.25) is 4.90 Å². The summed E-state index contributed by atoms with van der Waals surface area (Å²) in [6.07, 6.45) is 0. The van der Waals surface area contributed by atoms with Crippen molar-refractivity contribution in [1.82, 2.24) is 10.2 Å². The third-order valence-electron chi connectivity index (χ3n) is 3.71. The molecule has 3 N–H and O–H groups in total. The molecule has 0 radical (unpaired) electrons. The zero-order valence-corrected chi connectivity index (χ0v) is 15.0. The van der Waals surface area contributed by atoms with Gasteiger partial charge in [-0.05, 0) is 33.6 Å². The van der Waals surface area contributed by atoms with Gasteiger partial charge < -0.3 is 20.3 Å². The fourth-order valence-electron chi connectivity index (χ4n) is 2.66. The number of halogens is 4. The van der Waals surface area contributed by atoms with Gasteiger partial charge in [0.25, 0.3) is 5.92 Å². The molecule has 1 saturated heterocycles. The topological polar surface area (TPSA) is 65.0 Å². The molecule has 1 atom stereocenters. The summed E-state index contributed by atoms with van der Waals surface area (Å²) in [5.41, 5.74) is 0.280. The highest BCUT2D eigenvalue weighted by Crippen LogP contribution is 2.42. The fraction of sp³-hybridized carbons (Fsp3) is 0.571. The zero-order chi connectivity index (χ0) is 16.3. The summed E-state index contributed by atoms with van der Waals surface area (Å²) in [6.45, 7) is 0.854. The van der Waals surface area contributed by atoms with Gasteiger partial charge in [0, 0.05) is 26.2 Å². The van der Waals surface area contributed by atoms with Crippen LogP contribution in [-0.2, 0) is 0 Å². The predicted molar refractivity (Wildman–Crippen MR) is 88.8 cm³/mol. The lowest BCUT2D eigenvalue weighted by Crippen LogP contribution is -2.51. The number of methoxy groups -OCH3 is 1. The number of hydrogen-bond donors (Lipinski definition) is 3. The second-order valence-electron chi connectivity index (χ2n) is 5.16. The largest absolute Gasteiger partial charge is 0.503 e. The zero-order valence-electron chi connectivity index (χ0n) is 12.6. The number of aliphatic hydroxyl groups excluding tert-OH is 1. The van der Waals surface area contributed by atoms with Crippen LogP contribution in [0.25, 0.3) is 0 Å². The van der Waals surface area contributed by atoms with Crippen LogP contribution in [0.1, 0.15) is 11.6 Å². The molecule has 0 saturated carbocycles. The lowest BCUT2D eigenvalue weighted by molar-refractivity contribution is -0.118. The van der Waals surface area contributed by atoms with E-state index in [2.05, 4.69) is 21.2 Å². The van der Waals surface area contributed by atoms with Crippen molar-refractivity contribution in [3.63, 3.8) is 0 Å². The second-order valence-corrected chi connectivity index (χ2v) is 6.02. The molecule has 132 valence electrons. The molecule has 2 rings (SSSR count). The van der Waals surface area contributed by atoms with Crippen LogP contribution in [0.2, 0.25) is 0 Å². The Hall–Kier alpha value is -0.670. The molecule has 1 aliphatic rings. The van der Waals surface area contributed by atoms with E-state index in [9.17, 15) is 13.9 Å². The summed E-state index contributed by atoms with van der Waals surface area (Å²) in [5.74, 6) is -3.34. The van der Waals surface area contributed by atoms with E-state index in [4.69, 9.17) is 9.84 Å². The Kier molecular flexibility index (Phi) is 7.47. The van der Waals surface area contributed by atoms with Gasteiger partial charge in [0.05, 0.1) is 11.6 Å². The Labute approximate surface area is 148 Å². The lowest BCUT2D eigenvalue weighted by Gasteiger charge is -2.39. The van der Waals surface area contributed by atoms with E-state index < -0.39 is 18.6 Å². The Morgan fingerprint density at radius 3 is 2.52 bits per heavy atom. The molecule has 1 fully saturated rings. The van der Waals surface area contributed by atoms with E-state index in [0.717, 1.165) is 0 Å². The number of rotatable bonds is 5. The first-order valence-electron chi connectivity index (χ1n) is 6.90. The molecule has 1 aliphatic heterocycles. The van der Waals surface area contributed by atoms with E-state index >= 15 is 0 Å². The predicted octanol–water partition coefficient (Wildman–Crippen LogP) is 2.16. The molecule has 5 nitrogen and oxygen atoms in total. The van der Waals surface area contributed by atoms with Crippen molar-refractivity contribution in [3.8, 4) is 11.5 Å². The molecule has 0 aliphatic carbocycles. The molecule has 1 heterocycles. The van der Waals surface area contributed by atoms with Crippen molar-refractivity contribution >= 4 is 28.3 Å².